The average Bonchev–Trinajstić information content (AvgIpc) is 3.46. The van der Waals surface area contributed by atoms with E-state index in [-0.39, 0.29) is 31.1 Å². The van der Waals surface area contributed by atoms with Crippen molar-refractivity contribution in [2.24, 2.45) is 11.8 Å². The summed E-state index contributed by atoms with van der Waals surface area (Å²) in [4.78, 5) is 52.9. The normalized spacial score (nSPS) is 21.4. The summed E-state index contributed by atoms with van der Waals surface area (Å²) in [6.45, 7) is 1.13. The van der Waals surface area contributed by atoms with E-state index in [2.05, 4.69) is 59.4 Å². The van der Waals surface area contributed by atoms with Gasteiger partial charge in [0.15, 0.2) is 6.10 Å². The Morgan fingerprint density at radius 3 is 2.07 bits per heavy atom. The van der Waals surface area contributed by atoms with Crippen LogP contribution in [0.5, 0.6) is 0 Å². The molecule has 0 bridgehead atoms. The van der Waals surface area contributed by atoms with Gasteiger partial charge in [-0.2, -0.15) is 0 Å². The molecule has 0 aromatic carbocycles. The number of aliphatic hydroxyl groups is 4. The Morgan fingerprint density at radius 1 is 0.717 bits per heavy atom. The third kappa shape index (κ3) is 29.9. The second-order valence-corrected chi connectivity index (χ2v) is 17.6. The van der Waals surface area contributed by atoms with Crippen LogP contribution in [0, 0.1) is 11.8 Å². The molecule has 1 saturated carbocycles. The van der Waals surface area contributed by atoms with Gasteiger partial charge in [-0.3, -0.25) is 23.2 Å². The highest BCUT2D eigenvalue weighted by Gasteiger charge is 2.39. The summed E-state index contributed by atoms with van der Waals surface area (Å²) in [5.74, 6) is -2.07. The Balaban J connectivity index is 2.65. The summed E-state index contributed by atoms with van der Waals surface area (Å²) in [5, 5.41) is 41.1. The number of hydrogen-bond acceptors (Lipinski definition) is 13. The molecular formula is C42H72O16P2. The molecule has 0 heterocycles. The Bertz CT molecular complexity index is 1410. The van der Waals surface area contributed by atoms with E-state index in [4.69, 9.17) is 23.8 Å². The van der Waals surface area contributed by atoms with E-state index in [0.29, 0.717) is 19.3 Å². The van der Waals surface area contributed by atoms with E-state index in [1.165, 1.54) is 6.08 Å². The molecule has 16 nitrogen and oxygen atoms in total. The van der Waals surface area contributed by atoms with Gasteiger partial charge >= 0.3 is 27.6 Å². The van der Waals surface area contributed by atoms with Crippen LogP contribution in [0.3, 0.4) is 0 Å². The molecule has 7 N–H and O–H groups in total. The van der Waals surface area contributed by atoms with Crippen LogP contribution >= 0.6 is 15.6 Å². The van der Waals surface area contributed by atoms with Crippen LogP contribution in [0.2, 0.25) is 0 Å². The maximum Gasteiger partial charge on any atom is 0.472 e. The number of aliphatic hydroxyl groups excluding tert-OH is 4. The van der Waals surface area contributed by atoms with Gasteiger partial charge in [-0.05, 0) is 57.3 Å². The van der Waals surface area contributed by atoms with Gasteiger partial charge in [0, 0.05) is 18.8 Å². The van der Waals surface area contributed by atoms with Gasteiger partial charge in [0.25, 0.3) is 0 Å². The molecule has 346 valence electrons. The Morgan fingerprint density at radius 2 is 1.37 bits per heavy atom. The lowest BCUT2D eigenvalue weighted by molar-refractivity contribution is -0.160. The summed E-state index contributed by atoms with van der Waals surface area (Å²) < 4.78 is 47.7. The summed E-state index contributed by atoms with van der Waals surface area (Å²) in [7, 11) is -9.80. The highest BCUT2D eigenvalue weighted by atomic mass is 31.2. The number of hydrogen-bond donors (Lipinski definition) is 7. The minimum atomic E-state index is -4.90. The molecule has 60 heavy (non-hydrogen) atoms. The molecule has 1 fully saturated rings. The SMILES string of the molecule is CC/C=C\C/C=C\C/C=C\CCCCCCCC(=O)O[C@H](COC(=O)C/C=C\C[C@H]1[C@@H](/C=C/[C@H](O)CCCCC)[C@H](O)C[C@@H]1O)COP(=O)(O)OC[C@@H](O)COP(=O)(O)O. The van der Waals surface area contributed by atoms with Crippen LogP contribution in [0.1, 0.15) is 123 Å². The van der Waals surface area contributed by atoms with Gasteiger partial charge in [-0.15, -0.1) is 0 Å². The third-order valence-electron chi connectivity index (χ3n) is 9.48. The monoisotopic (exact) mass is 894 g/mol. The van der Waals surface area contributed by atoms with Gasteiger partial charge in [0.2, 0.25) is 0 Å². The fraction of sp³-hybridized carbons (Fsp3) is 0.714. The molecule has 0 aromatic rings. The van der Waals surface area contributed by atoms with Crippen molar-refractivity contribution in [2.45, 2.75) is 154 Å². The fourth-order valence-electron chi connectivity index (χ4n) is 6.22. The van der Waals surface area contributed by atoms with Crippen molar-refractivity contribution in [3.63, 3.8) is 0 Å². The van der Waals surface area contributed by atoms with E-state index in [0.717, 1.165) is 70.6 Å². The zero-order valence-corrected chi connectivity index (χ0v) is 37.2. The molecule has 0 radical (unpaired) electrons. The maximum atomic E-state index is 12.7. The molecule has 1 rings (SSSR count). The quantitative estimate of drug-likeness (QED) is 0.0149. The number of ether oxygens (including phenoxy) is 2. The lowest BCUT2D eigenvalue weighted by Gasteiger charge is -2.20. The van der Waals surface area contributed by atoms with Crippen molar-refractivity contribution in [3.05, 3.63) is 60.8 Å². The zero-order valence-electron chi connectivity index (χ0n) is 35.4. The first kappa shape index (κ1) is 55.7. The van der Waals surface area contributed by atoms with E-state index in [9.17, 15) is 44.0 Å². The van der Waals surface area contributed by atoms with Crippen LogP contribution in [-0.2, 0) is 41.8 Å². The topological polar surface area (TPSA) is 256 Å². The number of esters is 2. The number of carbonyl (C=O) groups is 2. The molecule has 1 aliphatic rings. The van der Waals surface area contributed by atoms with E-state index in [1.54, 1.807) is 18.2 Å². The van der Waals surface area contributed by atoms with Crippen LogP contribution in [0.4, 0.5) is 0 Å². The lowest BCUT2D eigenvalue weighted by atomic mass is 9.89. The molecule has 1 aliphatic carbocycles. The standard InChI is InChI=1S/C42H72O16P2/c1-3-5-7-8-9-10-11-12-13-14-15-16-17-18-20-26-42(48)58-36(33-57-60(52,53)56-31-35(44)30-55-59(49,50)51)32-54-41(47)25-22-21-24-37-38(40(46)29-39(37)45)28-27-34(43)23-19-6-4-2/h5,7,9-10,12-13,21-22,27-28,34-40,43-46H,3-4,6,8,11,14-20,23-26,29-33H2,1-2H3,(H,52,53)(H2,49,50,51)/b7-5-,10-9-,13-12-,22-21-,28-27+/t34-,35+,36-,37+,38-,39+,40-/m1/s1. The van der Waals surface area contributed by atoms with Crippen molar-refractivity contribution >= 4 is 27.6 Å². The fourth-order valence-corrected chi connectivity index (χ4v) is 7.37. The number of rotatable bonds is 35. The molecule has 0 spiro atoms. The molecular weight excluding hydrogens is 822 g/mol. The highest BCUT2D eigenvalue weighted by molar-refractivity contribution is 7.47. The van der Waals surface area contributed by atoms with E-state index in [1.807, 2.05) is 0 Å². The van der Waals surface area contributed by atoms with Crippen LogP contribution in [-0.4, -0.2) is 104 Å². The predicted molar refractivity (Wildman–Crippen MR) is 227 cm³/mol. The van der Waals surface area contributed by atoms with Crippen molar-refractivity contribution < 1.29 is 76.9 Å². The minimum Gasteiger partial charge on any atom is -0.461 e. The minimum absolute atomic E-state index is 0.0433. The third-order valence-corrected chi connectivity index (χ3v) is 10.9. The lowest BCUT2D eigenvalue weighted by Crippen LogP contribution is -2.29. The van der Waals surface area contributed by atoms with Crippen LogP contribution in [0.25, 0.3) is 0 Å². The molecule has 0 aromatic heterocycles. The second-order valence-electron chi connectivity index (χ2n) is 14.9. The van der Waals surface area contributed by atoms with Gasteiger partial charge < -0.3 is 44.6 Å². The first-order valence-corrected chi connectivity index (χ1v) is 24.3. The first-order valence-electron chi connectivity index (χ1n) is 21.2. The number of phosphoric ester groups is 2. The summed E-state index contributed by atoms with van der Waals surface area (Å²) in [6, 6.07) is 0. The van der Waals surface area contributed by atoms with E-state index < -0.39 is 84.5 Å². The van der Waals surface area contributed by atoms with Crippen LogP contribution in [0.15, 0.2) is 60.8 Å². The van der Waals surface area contributed by atoms with Crippen molar-refractivity contribution in [2.75, 3.05) is 26.4 Å². The van der Waals surface area contributed by atoms with Crippen molar-refractivity contribution in [1.29, 1.82) is 0 Å². The van der Waals surface area contributed by atoms with Gasteiger partial charge in [-0.25, -0.2) is 9.13 Å². The van der Waals surface area contributed by atoms with Crippen LogP contribution < -0.4 is 0 Å². The Labute approximate surface area is 356 Å². The molecule has 0 aliphatic heterocycles. The summed E-state index contributed by atoms with van der Waals surface area (Å²) in [5.41, 5.74) is 0. The molecule has 1 unspecified atom stereocenters. The van der Waals surface area contributed by atoms with Crippen molar-refractivity contribution in [1.82, 2.24) is 0 Å². The number of phosphoric acid groups is 2. The first-order chi connectivity index (χ1) is 28.6. The number of unbranched alkanes of at least 4 members (excludes halogenated alkanes) is 7. The highest BCUT2D eigenvalue weighted by Crippen LogP contribution is 2.44. The molecule has 0 amide bonds. The summed E-state index contributed by atoms with van der Waals surface area (Å²) in [6.07, 6.45) is 26.4. The number of allylic oxidation sites excluding steroid dienone is 7. The van der Waals surface area contributed by atoms with Crippen molar-refractivity contribution in [3.8, 4) is 0 Å². The molecule has 18 heteroatoms. The molecule has 8 atom stereocenters. The van der Waals surface area contributed by atoms with Gasteiger partial charge in [0.1, 0.15) is 12.7 Å². The Hall–Kier alpha value is -2.30. The smallest absolute Gasteiger partial charge is 0.461 e. The van der Waals surface area contributed by atoms with E-state index >= 15 is 0 Å². The zero-order chi connectivity index (χ0) is 44.7. The average molecular weight is 895 g/mol. The predicted octanol–water partition coefficient (Wildman–Crippen LogP) is 6.83. The van der Waals surface area contributed by atoms with Gasteiger partial charge in [0.05, 0.1) is 44.6 Å². The number of carbonyl (C=O) groups excluding carboxylic acids is 2. The Kier molecular flexibility index (Phi) is 30.9. The van der Waals surface area contributed by atoms with Gasteiger partial charge in [-0.1, -0.05) is 113 Å². The molecule has 0 saturated heterocycles. The second kappa shape index (κ2) is 33.3. The summed E-state index contributed by atoms with van der Waals surface area (Å²) >= 11 is 0. The largest absolute Gasteiger partial charge is 0.472 e. The maximum absolute atomic E-state index is 12.7.